The quantitative estimate of drug-likeness (QED) is 0.798. The summed E-state index contributed by atoms with van der Waals surface area (Å²) in [6.45, 7) is 17.0. The molecule has 3 rings (SSSR count). The molecule has 1 N–H and O–H groups in total. The van der Waals surface area contributed by atoms with Crippen molar-refractivity contribution in [3.63, 3.8) is 0 Å². The van der Waals surface area contributed by atoms with E-state index in [0.29, 0.717) is 6.04 Å². The van der Waals surface area contributed by atoms with Crippen molar-refractivity contribution in [3.8, 4) is 0 Å². The lowest BCUT2D eigenvalue weighted by molar-refractivity contribution is 0.199. The highest BCUT2D eigenvalue weighted by molar-refractivity contribution is 5.83. The van der Waals surface area contributed by atoms with Gasteiger partial charge in [-0.2, -0.15) is 5.10 Å². The molecule has 26 heavy (non-hydrogen) atoms. The van der Waals surface area contributed by atoms with E-state index in [9.17, 15) is 0 Å². The topological polar surface area (TPSA) is 33.1 Å². The highest BCUT2D eigenvalue weighted by atomic mass is 15.3. The Bertz CT molecular complexity index is 804. The molecule has 2 unspecified atom stereocenters. The van der Waals surface area contributed by atoms with Gasteiger partial charge in [-0.25, -0.2) is 0 Å². The van der Waals surface area contributed by atoms with Crippen LogP contribution in [-0.2, 0) is 12.1 Å². The van der Waals surface area contributed by atoms with E-state index < -0.39 is 0 Å². The second-order valence-electron chi connectivity index (χ2n) is 7.77. The zero-order valence-corrected chi connectivity index (χ0v) is 16.6. The van der Waals surface area contributed by atoms with E-state index in [1.165, 1.54) is 16.5 Å². The average Bonchev–Trinajstić information content (AvgIpc) is 2.96. The Morgan fingerprint density at radius 1 is 1.42 bits per heavy atom. The van der Waals surface area contributed by atoms with Crippen LogP contribution in [0.15, 0.2) is 43.0 Å². The van der Waals surface area contributed by atoms with Gasteiger partial charge in [-0.3, -0.25) is 9.58 Å². The van der Waals surface area contributed by atoms with Gasteiger partial charge in [0.25, 0.3) is 0 Å². The molecular weight excluding hydrogens is 320 g/mol. The molecule has 0 aliphatic carbocycles. The summed E-state index contributed by atoms with van der Waals surface area (Å²) in [6, 6.07) is 7.36. The van der Waals surface area contributed by atoms with Gasteiger partial charge in [-0.05, 0) is 45.7 Å². The van der Waals surface area contributed by atoms with Gasteiger partial charge < -0.3 is 5.32 Å². The summed E-state index contributed by atoms with van der Waals surface area (Å²) in [6.07, 6.45) is 7.19. The summed E-state index contributed by atoms with van der Waals surface area (Å²) in [7, 11) is 0. The fraction of sp³-hybridized carbons (Fsp3) is 0.500. The maximum Gasteiger partial charge on any atom is 0.0817 e. The molecule has 4 nitrogen and oxygen atoms in total. The Labute approximate surface area is 157 Å². The molecule has 0 saturated carbocycles. The minimum absolute atomic E-state index is 0.221. The standard InChI is InChI=1S/C22H32N4/c1-6-8-11-22(5,7-2)26-21-14-19(9-10-20(21)18(4)24-26)16-25-13-12-23-17(3)15-25/h6-10,14,17,23H,2,11-13,15-16H2,1,3-5H3/b8-6-. The highest BCUT2D eigenvalue weighted by Crippen LogP contribution is 2.30. The molecular formula is C22H32N4. The predicted molar refractivity (Wildman–Crippen MR) is 110 cm³/mol. The van der Waals surface area contributed by atoms with Gasteiger partial charge in [-0.1, -0.05) is 30.4 Å². The Morgan fingerprint density at radius 2 is 2.23 bits per heavy atom. The van der Waals surface area contributed by atoms with Crippen molar-refractivity contribution in [1.82, 2.24) is 20.0 Å². The largest absolute Gasteiger partial charge is 0.312 e. The number of hydrogen-bond acceptors (Lipinski definition) is 3. The highest BCUT2D eigenvalue weighted by Gasteiger charge is 2.25. The van der Waals surface area contributed by atoms with E-state index in [-0.39, 0.29) is 5.54 Å². The maximum absolute atomic E-state index is 4.87. The van der Waals surface area contributed by atoms with Crippen molar-refractivity contribution in [1.29, 1.82) is 0 Å². The van der Waals surface area contributed by atoms with E-state index in [4.69, 9.17) is 5.10 Å². The zero-order chi connectivity index (χ0) is 18.7. The third-order valence-corrected chi connectivity index (χ3v) is 5.48. The molecule has 140 valence electrons. The lowest BCUT2D eigenvalue weighted by Gasteiger charge is -2.32. The molecule has 2 atom stereocenters. The molecule has 2 heterocycles. The monoisotopic (exact) mass is 352 g/mol. The van der Waals surface area contributed by atoms with E-state index in [1.807, 2.05) is 6.08 Å². The van der Waals surface area contributed by atoms with Crippen molar-refractivity contribution in [2.24, 2.45) is 0 Å². The van der Waals surface area contributed by atoms with Gasteiger partial charge in [-0.15, -0.1) is 6.58 Å². The summed E-state index contributed by atoms with van der Waals surface area (Å²) >= 11 is 0. The molecule has 0 bridgehead atoms. The first-order chi connectivity index (χ1) is 12.5. The lowest BCUT2D eigenvalue weighted by atomic mass is 9.97. The normalized spacial score (nSPS) is 21.3. The first kappa shape index (κ1) is 18.9. The molecule has 1 aliphatic rings. The first-order valence-electron chi connectivity index (χ1n) is 9.66. The summed E-state index contributed by atoms with van der Waals surface area (Å²) < 4.78 is 2.16. The van der Waals surface area contributed by atoms with Crippen molar-refractivity contribution >= 4 is 10.9 Å². The molecule has 1 aliphatic heterocycles. The van der Waals surface area contributed by atoms with Crippen LogP contribution in [0, 0.1) is 6.92 Å². The number of nitrogens with one attached hydrogen (secondary N) is 1. The van der Waals surface area contributed by atoms with Gasteiger partial charge in [0, 0.05) is 37.6 Å². The Hall–Kier alpha value is -1.91. The summed E-state index contributed by atoms with van der Waals surface area (Å²) in [5.41, 5.74) is 3.41. The molecule has 1 fully saturated rings. The van der Waals surface area contributed by atoms with Crippen LogP contribution in [0.3, 0.4) is 0 Å². The van der Waals surface area contributed by atoms with Crippen LogP contribution in [0.5, 0.6) is 0 Å². The second-order valence-corrected chi connectivity index (χ2v) is 7.77. The molecule has 2 aromatic rings. The fourth-order valence-corrected chi connectivity index (χ4v) is 3.83. The molecule has 1 aromatic carbocycles. The van der Waals surface area contributed by atoms with Crippen molar-refractivity contribution in [3.05, 3.63) is 54.3 Å². The summed E-state index contributed by atoms with van der Waals surface area (Å²) in [5.74, 6) is 0. The Morgan fingerprint density at radius 3 is 2.92 bits per heavy atom. The molecule has 0 amide bonds. The fourth-order valence-electron chi connectivity index (χ4n) is 3.83. The van der Waals surface area contributed by atoms with Crippen molar-refractivity contribution in [2.45, 2.75) is 52.2 Å². The SMILES string of the molecule is C=CC(C)(C/C=C\C)n1nc(C)c2ccc(CN3CCNC(C)C3)cc21. The van der Waals surface area contributed by atoms with Crippen LogP contribution < -0.4 is 5.32 Å². The van der Waals surface area contributed by atoms with Crippen LogP contribution in [-0.4, -0.2) is 40.4 Å². The number of fused-ring (bicyclic) bond motifs is 1. The van der Waals surface area contributed by atoms with E-state index >= 15 is 0 Å². The van der Waals surface area contributed by atoms with Gasteiger partial charge in [0.05, 0.1) is 16.7 Å². The smallest absolute Gasteiger partial charge is 0.0817 e. The minimum Gasteiger partial charge on any atom is -0.312 e. The Kier molecular flexibility index (Phi) is 5.64. The summed E-state index contributed by atoms with van der Waals surface area (Å²) in [4.78, 5) is 2.53. The number of allylic oxidation sites excluding steroid dienone is 3. The van der Waals surface area contributed by atoms with E-state index in [0.717, 1.165) is 38.3 Å². The average molecular weight is 353 g/mol. The van der Waals surface area contributed by atoms with E-state index in [2.05, 4.69) is 79.5 Å². The van der Waals surface area contributed by atoms with Gasteiger partial charge in [0.2, 0.25) is 0 Å². The molecule has 0 radical (unpaired) electrons. The van der Waals surface area contributed by atoms with Gasteiger partial charge in [0.1, 0.15) is 0 Å². The maximum atomic E-state index is 4.87. The molecule has 4 heteroatoms. The third-order valence-electron chi connectivity index (χ3n) is 5.48. The molecule has 0 spiro atoms. The van der Waals surface area contributed by atoms with Crippen LogP contribution >= 0.6 is 0 Å². The number of aryl methyl sites for hydroxylation is 1. The number of benzene rings is 1. The van der Waals surface area contributed by atoms with Crippen LogP contribution in [0.4, 0.5) is 0 Å². The molecule has 1 saturated heterocycles. The zero-order valence-electron chi connectivity index (χ0n) is 16.6. The van der Waals surface area contributed by atoms with Crippen LogP contribution in [0.1, 0.15) is 38.4 Å². The number of piperazine rings is 1. The number of rotatable bonds is 6. The first-order valence-corrected chi connectivity index (χ1v) is 9.66. The number of hydrogen-bond donors (Lipinski definition) is 1. The van der Waals surface area contributed by atoms with Gasteiger partial charge in [0.15, 0.2) is 0 Å². The third kappa shape index (κ3) is 3.76. The van der Waals surface area contributed by atoms with Crippen LogP contribution in [0.25, 0.3) is 10.9 Å². The molecule has 1 aromatic heterocycles. The second kappa shape index (κ2) is 7.77. The van der Waals surface area contributed by atoms with Crippen LogP contribution in [0.2, 0.25) is 0 Å². The number of nitrogens with zero attached hydrogens (tertiary/aromatic N) is 3. The van der Waals surface area contributed by atoms with Crippen molar-refractivity contribution in [2.75, 3.05) is 19.6 Å². The van der Waals surface area contributed by atoms with E-state index in [1.54, 1.807) is 0 Å². The number of aromatic nitrogens is 2. The van der Waals surface area contributed by atoms with Crippen molar-refractivity contribution < 1.29 is 0 Å². The van der Waals surface area contributed by atoms with Gasteiger partial charge >= 0.3 is 0 Å². The minimum atomic E-state index is -0.221. The summed E-state index contributed by atoms with van der Waals surface area (Å²) in [5, 5.41) is 9.62. The predicted octanol–water partition coefficient (Wildman–Crippen LogP) is 4.01. The Balaban J connectivity index is 1.96. The lowest BCUT2D eigenvalue weighted by Crippen LogP contribution is -2.48.